The number of carboxylic acids is 1. The maximum atomic E-state index is 11.1. The molecule has 2 nitrogen and oxygen atoms in total. The second kappa shape index (κ2) is 8.07. The van der Waals surface area contributed by atoms with E-state index in [1.165, 1.54) is 15.6 Å². The number of carbonyl (C=O) groups is 1. The summed E-state index contributed by atoms with van der Waals surface area (Å²) >= 11 is 0. The van der Waals surface area contributed by atoms with E-state index < -0.39 is 14.8 Å². The molecule has 0 fully saturated rings. The normalized spacial score (nSPS) is 10.8. The van der Waals surface area contributed by atoms with Gasteiger partial charge in [-0.05, 0) is 23.3 Å². The largest absolute Gasteiger partial charge is 0.478 e. The minimum Gasteiger partial charge on any atom is -0.478 e. The lowest BCUT2D eigenvalue weighted by Gasteiger charge is -2.18. The molecule has 28 heavy (non-hydrogen) atoms. The number of carboxylic acid groups (broad SMARTS) is 1. The Morgan fingerprint density at radius 2 is 1.11 bits per heavy atom. The van der Waals surface area contributed by atoms with E-state index in [9.17, 15) is 4.79 Å². The van der Waals surface area contributed by atoms with E-state index in [0.29, 0.717) is 5.56 Å². The van der Waals surface area contributed by atoms with Gasteiger partial charge in [0.05, 0.1) is 5.56 Å². The Labute approximate surface area is 166 Å². The highest BCUT2D eigenvalue weighted by molar-refractivity contribution is 6.95. The number of hydrogen-bond donors (Lipinski definition) is 1. The number of aromatic carboxylic acids is 1. The molecule has 0 amide bonds. The van der Waals surface area contributed by atoms with Gasteiger partial charge < -0.3 is 5.11 Å². The van der Waals surface area contributed by atoms with E-state index in [1.807, 2.05) is 12.1 Å². The molecule has 0 aromatic heterocycles. The van der Waals surface area contributed by atoms with Crippen molar-refractivity contribution in [2.45, 2.75) is 0 Å². The summed E-state index contributed by atoms with van der Waals surface area (Å²) in [6.07, 6.45) is 0. The Morgan fingerprint density at radius 3 is 1.64 bits per heavy atom. The van der Waals surface area contributed by atoms with Crippen LogP contribution in [0.2, 0.25) is 0 Å². The van der Waals surface area contributed by atoms with Crippen LogP contribution in [0.5, 0.6) is 0 Å². The van der Waals surface area contributed by atoms with E-state index in [2.05, 4.69) is 84.9 Å². The fourth-order valence-corrected chi connectivity index (χ4v) is 6.59. The third-order valence-electron chi connectivity index (χ3n) is 4.95. The topological polar surface area (TPSA) is 37.3 Å². The van der Waals surface area contributed by atoms with Crippen LogP contribution in [-0.2, 0) is 0 Å². The van der Waals surface area contributed by atoms with E-state index in [1.54, 1.807) is 12.1 Å². The SMILES string of the molecule is O=C(O)c1ccc(-c2cccc([SiH](c3ccccc3)c3ccccc3)c2)cc1. The van der Waals surface area contributed by atoms with Crippen molar-refractivity contribution < 1.29 is 9.90 Å². The maximum absolute atomic E-state index is 11.1. The molecule has 0 spiro atoms. The molecule has 0 saturated heterocycles. The van der Waals surface area contributed by atoms with Gasteiger partial charge in [-0.3, -0.25) is 0 Å². The van der Waals surface area contributed by atoms with Crippen LogP contribution >= 0.6 is 0 Å². The van der Waals surface area contributed by atoms with Crippen molar-refractivity contribution in [2.75, 3.05) is 0 Å². The molecule has 0 heterocycles. The zero-order valence-corrected chi connectivity index (χ0v) is 16.5. The fourth-order valence-electron chi connectivity index (χ4n) is 3.57. The summed E-state index contributed by atoms with van der Waals surface area (Å²) in [6.45, 7) is 0. The molecule has 4 aromatic rings. The third-order valence-corrected chi connectivity index (χ3v) is 8.08. The van der Waals surface area contributed by atoms with Crippen LogP contribution < -0.4 is 15.6 Å². The zero-order chi connectivity index (χ0) is 19.3. The van der Waals surface area contributed by atoms with Gasteiger partial charge in [-0.1, -0.05) is 113 Å². The molecular formula is C25H20O2Si. The highest BCUT2D eigenvalue weighted by Gasteiger charge is 2.19. The summed E-state index contributed by atoms with van der Waals surface area (Å²) in [5, 5.41) is 13.2. The Morgan fingerprint density at radius 1 is 0.571 bits per heavy atom. The van der Waals surface area contributed by atoms with Crippen molar-refractivity contribution in [3.05, 3.63) is 115 Å². The van der Waals surface area contributed by atoms with Crippen LogP contribution in [0.1, 0.15) is 10.4 Å². The van der Waals surface area contributed by atoms with Gasteiger partial charge in [0.1, 0.15) is 8.80 Å². The van der Waals surface area contributed by atoms with Crippen molar-refractivity contribution in [3.63, 3.8) is 0 Å². The molecule has 0 bridgehead atoms. The van der Waals surface area contributed by atoms with E-state index in [-0.39, 0.29) is 0 Å². The molecular weight excluding hydrogens is 360 g/mol. The Kier molecular flexibility index (Phi) is 5.17. The molecule has 4 aromatic carbocycles. The smallest absolute Gasteiger partial charge is 0.335 e. The summed E-state index contributed by atoms with van der Waals surface area (Å²) in [5.41, 5.74) is 2.44. The van der Waals surface area contributed by atoms with E-state index >= 15 is 0 Å². The number of benzene rings is 4. The lowest BCUT2D eigenvalue weighted by Crippen LogP contribution is -2.51. The molecule has 0 aliphatic rings. The summed E-state index contributed by atoms with van der Waals surface area (Å²) in [7, 11) is -1.58. The molecule has 3 heteroatoms. The first-order valence-corrected chi connectivity index (χ1v) is 11.0. The first kappa shape index (κ1) is 18.0. The van der Waals surface area contributed by atoms with E-state index in [4.69, 9.17) is 5.11 Å². The Balaban J connectivity index is 1.78. The predicted octanol–water partition coefficient (Wildman–Crippen LogP) is 3.30. The van der Waals surface area contributed by atoms with Gasteiger partial charge in [-0.15, -0.1) is 0 Å². The van der Waals surface area contributed by atoms with Crippen LogP contribution in [0.4, 0.5) is 0 Å². The van der Waals surface area contributed by atoms with Crippen LogP contribution in [0, 0.1) is 0 Å². The van der Waals surface area contributed by atoms with Crippen molar-refractivity contribution in [3.8, 4) is 11.1 Å². The quantitative estimate of drug-likeness (QED) is 0.426. The molecule has 4 rings (SSSR count). The van der Waals surface area contributed by atoms with E-state index in [0.717, 1.165) is 11.1 Å². The second-order valence-corrected chi connectivity index (χ2v) is 9.63. The molecule has 0 radical (unpaired) electrons. The standard InChI is InChI=1S/C25H20O2Si/c26-25(27)20-16-14-19(15-17-20)21-8-7-13-24(18-21)28(22-9-3-1-4-10-22)23-11-5-2-6-12-23/h1-18,28H,(H,26,27). The Bertz CT molecular complexity index is 1030. The van der Waals surface area contributed by atoms with Crippen molar-refractivity contribution in [1.29, 1.82) is 0 Å². The summed E-state index contributed by atoms with van der Waals surface area (Å²) in [5.74, 6) is -0.902. The van der Waals surface area contributed by atoms with Crippen LogP contribution in [0.15, 0.2) is 109 Å². The molecule has 0 unspecified atom stereocenters. The highest BCUT2D eigenvalue weighted by atomic mass is 28.3. The average Bonchev–Trinajstić information content (AvgIpc) is 2.76. The van der Waals surface area contributed by atoms with Gasteiger partial charge in [0.25, 0.3) is 0 Å². The first-order chi connectivity index (χ1) is 13.7. The highest BCUT2D eigenvalue weighted by Crippen LogP contribution is 2.19. The lowest BCUT2D eigenvalue weighted by molar-refractivity contribution is 0.0697. The maximum Gasteiger partial charge on any atom is 0.335 e. The van der Waals surface area contributed by atoms with Crippen molar-refractivity contribution in [1.82, 2.24) is 0 Å². The van der Waals surface area contributed by atoms with Gasteiger partial charge in [-0.2, -0.15) is 0 Å². The minimum atomic E-state index is -1.58. The summed E-state index contributed by atoms with van der Waals surface area (Å²) in [6, 6.07) is 37.1. The minimum absolute atomic E-state index is 0.306. The average molecular weight is 381 g/mol. The van der Waals surface area contributed by atoms with Gasteiger partial charge in [0.15, 0.2) is 0 Å². The van der Waals surface area contributed by atoms with Crippen molar-refractivity contribution >= 4 is 30.3 Å². The fraction of sp³-hybridized carbons (Fsp3) is 0. The summed E-state index contributed by atoms with van der Waals surface area (Å²) < 4.78 is 0. The van der Waals surface area contributed by atoms with Gasteiger partial charge in [-0.25, -0.2) is 4.79 Å². The van der Waals surface area contributed by atoms with Crippen LogP contribution in [-0.4, -0.2) is 19.9 Å². The number of hydrogen-bond acceptors (Lipinski definition) is 1. The zero-order valence-electron chi connectivity index (χ0n) is 15.3. The predicted molar refractivity (Wildman–Crippen MR) is 118 cm³/mol. The molecule has 0 atom stereocenters. The first-order valence-electron chi connectivity index (χ1n) is 9.26. The summed E-state index contributed by atoms with van der Waals surface area (Å²) in [4.78, 5) is 11.1. The monoisotopic (exact) mass is 380 g/mol. The van der Waals surface area contributed by atoms with Crippen molar-refractivity contribution in [2.24, 2.45) is 0 Å². The second-order valence-electron chi connectivity index (χ2n) is 6.76. The van der Waals surface area contributed by atoms with Crippen LogP contribution in [0.3, 0.4) is 0 Å². The molecule has 0 saturated carbocycles. The molecule has 0 aliphatic heterocycles. The third kappa shape index (κ3) is 3.80. The number of rotatable bonds is 5. The lowest BCUT2D eigenvalue weighted by atomic mass is 10.0. The van der Waals surface area contributed by atoms with Crippen LogP contribution in [0.25, 0.3) is 11.1 Å². The van der Waals surface area contributed by atoms with Gasteiger partial charge >= 0.3 is 5.97 Å². The van der Waals surface area contributed by atoms with Gasteiger partial charge in [0.2, 0.25) is 0 Å². The molecule has 0 aliphatic carbocycles. The van der Waals surface area contributed by atoms with Gasteiger partial charge in [0, 0.05) is 0 Å². The molecule has 136 valence electrons. The molecule has 1 N–H and O–H groups in total. The Hall–Kier alpha value is -3.43.